The lowest BCUT2D eigenvalue weighted by atomic mass is 9.98. The van der Waals surface area contributed by atoms with Gasteiger partial charge in [-0.05, 0) is 44.9 Å². The van der Waals surface area contributed by atoms with Crippen LogP contribution in [0.4, 0.5) is 0 Å². The summed E-state index contributed by atoms with van der Waals surface area (Å²) in [4.78, 5) is 0. The van der Waals surface area contributed by atoms with E-state index in [4.69, 9.17) is 14.2 Å². The largest absolute Gasteiger partial charge is 0.496 e. The van der Waals surface area contributed by atoms with Crippen molar-refractivity contribution in [1.82, 2.24) is 0 Å². The van der Waals surface area contributed by atoms with Gasteiger partial charge in [-0.1, -0.05) is 31.8 Å². The quantitative estimate of drug-likeness (QED) is 0.503. The number of aryl methyl sites for hydroxylation is 1. The molecule has 4 nitrogen and oxygen atoms in total. The zero-order chi connectivity index (χ0) is 19.3. The van der Waals surface area contributed by atoms with E-state index in [9.17, 15) is 5.11 Å². The Morgan fingerprint density at radius 3 is 2.16 bits per heavy atom. The van der Waals surface area contributed by atoms with Gasteiger partial charge in [-0.2, -0.15) is 0 Å². The summed E-state index contributed by atoms with van der Waals surface area (Å²) in [6, 6.07) is 4.80. The summed E-state index contributed by atoms with van der Waals surface area (Å²) in [5, 5.41) is 10.6. The van der Waals surface area contributed by atoms with E-state index in [1.807, 2.05) is 32.9 Å². The van der Waals surface area contributed by atoms with Crippen molar-refractivity contribution in [3.63, 3.8) is 0 Å². The molecule has 0 radical (unpaired) electrons. The molecule has 0 aliphatic carbocycles. The van der Waals surface area contributed by atoms with Gasteiger partial charge in [0, 0.05) is 14.1 Å². The summed E-state index contributed by atoms with van der Waals surface area (Å²) in [5.74, 6) is 1.93. The average molecular weight is 367 g/mol. The van der Waals surface area contributed by atoms with Gasteiger partial charge in [0.25, 0.3) is 0 Å². The molecule has 5 heteroatoms. The highest BCUT2D eigenvalue weighted by Crippen LogP contribution is 2.37. The van der Waals surface area contributed by atoms with Gasteiger partial charge in [0.05, 0.1) is 20.3 Å². The predicted octanol–water partition coefficient (Wildman–Crippen LogP) is 4.82. The van der Waals surface area contributed by atoms with Crippen molar-refractivity contribution in [2.24, 2.45) is 0 Å². The zero-order valence-corrected chi connectivity index (χ0v) is 18.0. The van der Waals surface area contributed by atoms with E-state index in [0.717, 1.165) is 17.4 Å². The van der Waals surface area contributed by atoms with Crippen LogP contribution < -0.4 is 14.2 Å². The van der Waals surface area contributed by atoms with Crippen molar-refractivity contribution in [1.29, 1.82) is 0 Å². The molecule has 0 aromatic heterocycles. The molecular formula is C20H34O4Si. The number of aliphatic hydroxyl groups excluding tert-OH is 1. The fourth-order valence-corrected chi connectivity index (χ4v) is 3.27. The molecule has 0 aliphatic rings. The maximum absolute atomic E-state index is 10.6. The lowest BCUT2D eigenvalue weighted by Gasteiger charge is -2.32. The van der Waals surface area contributed by atoms with Gasteiger partial charge in [-0.3, -0.25) is 0 Å². The van der Waals surface area contributed by atoms with E-state index < -0.39 is 19.8 Å². The Kier molecular flexibility index (Phi) is 7.56. The SMILES string of the molecule is COc1cc(OC(C)(C)[C@@H](O)C/C=C\C[Si](C)(C)C)c(OC)cc1C. The van der Waals surface area contributed by atoms with Crippen molar-refractivity contribution in [2.75, 3.05) is 14.2 Å². The van der Waals surface area contributed by atoms with Gasteiger partial charge in [0.1, 0.15) is 11.4 Å². The van der Waals surface area contributed by atoms with E-state index in [1.165, 1.54) is 0 Å². The minimum absolute atomic E-state index is 0.558. The Hall–Kier alpha value is -1.46. The highest BCUT2D eigenvalue weighted by molar-refractivity contribution is 6.76. The fourth-order valence-electron chi connectivity index (χ4n) is 2.40. The standard InChI is InChI=1S/C20H34O4Si/c1-15-13-17(23-5)18(14-16(15)22-4)24-20(2,3)19(21)11-9-10-12-25(6,7)8/h9-10,13-14,19,21H,11-12H2,1-8H3/b10-9-/t19-/m0/s1. The van der Waals surface area contributed by atoms with Crippen LogP contribution in [0.2, 0.25) is 25.7 Å². The molecule has 1 rings (SSSR count). The predicted molar refractivity (Wildman–Crippen MR) is 107 cm³/mol. The first-order valence-electron chi connectivity index (χ1n) is 8.75. The summed E-state index contributed by atoms with van der Waals surface area (Å²) >= 11 is 0. The number of methoxy groups -OCH3 is 2. The van der Waals surface area contributed by atoms with Crippen LogP contribution in [-0.4, -0.2) is 39.1 Å². The number of benzene rings is 1. The maximum Gasteiger partial charge on any atom is 0.165 e. The molecule has 1 N–H and O–H groups in total. The molecule has 142 valence electrons. The lowest BCUT2D eigenvalue weighted by molar-refractivity contribution is -0.0276. The Morgan fingerprint density at radius 2 is 1.64 bits per heavy atom. The summed E-state index contributed by atoms with van der Waals surface area (Å²) in [6.07, 6.45) is 4.17. The summed E-state index contributed by atoms with van der Waals surface area (Å²) in [6.45, 7) is 12.7. The van der Waals surface area contributed by atoms with Gasteiger partial charge < -0.3 is 19.3 Å². The minimum Gasteiger partial charge on any atom is -0.496 e. The van der Waals surface area contributed by atoms with E-state index >= 15 is 0 Å². The van der Waals surface area contributed by atoms with Gasteiger partial charge in [0.2, 0.25) is 0 Å². The van der Waals surface area contributed by atoms with Crippen molar-refractivity contribution in [2.45, 2.75) is 64.6 Å². The zero-order valence-electron chi connectivity index (χ0n) is 17.0. The molecule has 1 atom stereocenters. The average Bonchev–Trinajstić information content (AvgIpc) is 2.51. The van der Waals surface area contributed by atoms with Crippen molar-refractivity contribution < 1.29 is 19.3 Å². The summed E-state index contributed by atoms with van der Waals surface area (Å²) in [5.41, 5.74) is 0.219. The lowest BCUT2D eigenvalue weighted by Crippen LogP contribution is -2.41. The normalized spacial score (nSPS) is 13.8. The molecule has 0 bridgehead atoms. The molecule has 0 amide bonds. The molecule has 0 saturated carbocycles. The van der Waals surface area contributed by atoms with Gasteiger partial charge >= 0.3 is 0 Å². The second-order valence-electron chi connectivity index (χ2n) is 8.17. The van der Waals surface area contributed by atoms with Crippen LogP contribution in [0.1, 0.15) is 25.8 Å². The van der Waals surface area contributed by atoms with E-state index in [-0.39, 0.29) is 0 Å². The molecule has 1 aromatic rings. The fraction of sp³-hybridized carbons (Fsp3) is 0.600. The van der Waals surface area contributed by atoms with Crippen molar-refractivity contribution >= 4 is 8.07 Å². The highest BCUT2D eigenvalue weighted by Gasteiger charge is 2.30. The van der Waals surface area contributed by atoms with Gasteiger partial charge in [0.15, 0.2) is 11.5 Å². The number of rotatable bonds is 9. The third-order valence-electron chi connectivity index (χ3n) is 4.11. The van der Waals surface area contributed by atoms with Gasteiger partial charge in [-0.15, -0.1) is 0 Å². The molecule has 0 heterocycles. The van der Waals surface area contributed by atoms with Crippen LogP contribution in [-0.2, 0) is 0 Å². The van der Waals surface area contributed by atoms with E-state index in [2.05, 4.69) is 31.8 Å². The molecular weight excluding hydrogens is 332 g/mol. The Balaban J connectivity index is 2.85. The first-order valence-corrected chi connectivity index (χ1v) is 12.5. The number of hydrogen-bond acceptors (Lipinski definition) is 4. The maximum atomic E-state index is 10.6. The molecule has 25 heavy (non-hydrogen) atoms. The van der Waals surface area contributed by atoms with Crippen LogP contribution in [0.15, 0.2) is 24.3 Å². The second kappa shape index (κ2) is 8.76. The first kappa shape index (κ1) is 21.6. The Morgan fingerprint density at radius 1 is 1.04 bits per heavy atom. The number of ether oxygens (including phenoxy) is 3. The van der Waals surface area contributed by atoms with Crippen LogP contribution in [0.5, 0.6) is 17.2 Å². The monoisotopic (exact) mass is 366 g/mol. The second-order valence-corrected chi connectivity index (χ2v) is 13.7. The Bertz CT molecular complexity index is 588. The van der Waals surface area contributed by atoms with Crippen molar-refractivity contribution in [3.05, 3.63) is 29.8 Å². The van der Waals surface area contributed by atoms with Crippen LogP contribution in [0.25, 0.3) is 0 Å². The van der Waals surface area contributed by atoms with Crippen LogP contribution >= 0.6 is 0 Å². The topological polar surface area (TPSA) is 47.9 Å². The first-order chi connectivity index (χ1) is 11.5. The third kappa shape index (κ3) is 6.75. The van der Waals surface area contributed by atoms with E-state index in [1.54, 1.807) is 14.2 Å². The molecule has 0 spiro atoms. The van der Waals surface area contributed by atoms with E-state index in [0.29, 0.717) is 17.9 Å². The molecule has 0 aliphatic heterocycles. The summed E-state index contributed by atoms with van der Waals surface area (Å²) < 4.78 is 16.9. The van der Waals surface area contributed by atoms with Crippen LogP contribution in [0.3, 0.4) is 0 Å². The Labute approximate surface area is 153 Å². The van der Waals surface area contributed by atoms with Crippen LogP contribution in [0, 0.1) is 6.92 Å². The number of allylic oxidation sites excluding steroid dienone is 1. The third-order valence-corrected chi connectivity index (χ3v) is 5.57. The number of hydrogen-bond donors (Lipinski definition) is 1. The highest BCUT2D eigenvalue weighted by atomic mass is 28.3. The minimum atomic E-state index is -1.09. The van der Waals surface area contributed by atoms with Crippen molar-refractivity contribution in [3.8, 4) is 17.2 Å². The number of aliphatic hydroxyl groups is 1. The molecule has 0 fully saturated rings. The summed E-state index contributed by atoms with van der Waals surface area (Å²) in [7, 11) is 2.14. The molecule has 0 unspecified atom stereocenters. The molecule has 1 aromatic carbocycles. The van der Waals surface area contributed by atoms with Gasteiger partial charge in [-0.25, -0.2) is 0 Å². The molecule has 0 saturated heterocycles. The smallest absolute Gasteiger partial charge is 0.165 e.